The second kappa shape index (κ2) is 9.51. The van der Waals surface area contributed by atoms with Crippen LogP contribution in [0.5, 0.6) is 0 Å². The topological polar surface area (TPSA) is 80.9 Å². The van der Waals surface area contributed by atoms with Crippen molar-refractivity contribution in [3.63, 3.8) is 0 Å². The molecule has 3 saturated carbocycles. The van der Waals surface area contributed by atoms with Crippen LogP contribution in [0, 0.1) is 23.2 Å². The highest BCUT2D eigenvalue weighted by molar-refractivity contribution is 5.38. The normalized spacial score (nSPS) is 39.0. The Morgan fingerprint density at radius 1 is 1.19 bits per heavy atom. The smallest absolute Gasteiger partial charge is 0.0849 e. The molecule has 4 N–H and O–H groups in total. The predicted molar refractivity (Wildman–Crippen MR) is 125 cm³/mol. The van der Waals surface area contributed by atoms with Crippen LogP contribution < -0.4 is 0 Å². The van der Waals surface area contributed by atoms with Crippen LogP contribution in [0.3, 0.4) is 0 Å². The van der Waals surface area contributed by atoms with Gasteiger partial charge in [0.15, 0.2) is 0 Å². The van der Waals surface area contributed by atoms with Crippen molar-refractivity contribution >= 4 is 0 Å². The van der Waals surface area contributed by atoms with E-state index >= 15 is 0 Å². The number of allylic oxidation sites excluding steroid dienone is 3. The maximum atomic E-state index is 10.3. The maximum Gasteiger partial charge on any atom is 0.0849 e. The van der Waals surface area contributed by atoms with E-state index in [1.54, 1.807) is 13.8 Å². The van der Waals surface area contributed by atoms with Gasteiger partial charge in [-0.2, -0.15) is 0 Å². The standard InChI is InChI=1S/C27H44O4/c1-17(8-13-25(30)26(3,4)31)22-11-12-23-19(7-6-14-27(22,23)5)9-10-20-15-21(28)16-24(29)18(20)2/h9-10,17,21-25,28-31H,2,6-8,11-16H2,1,3-5H3/b19-9+,20-10-/t17-,21+,22+,23-,24-,25+,27+/m0/s1. The molecule has 3 aliphatic carbocycles. The number of fused-ring (bicyclic) bond motifs is 1. The van der Waals surface area contributed by atoms with Crippen molar-refractivity contribution in [2.24, 2.45) is 23.2 Å². The lowest BCUT2D eigenvalue weighted by atomic mass is 9.60. The second-order valence-electron chi connectivity index (χ2n) is 11.4. The molecule has 0 heterocycles. The fourth-order valence-electron chi connectivity index (χ4n) is 6.65. The average molecular weight is 433 g/mol. The third kappa shape index (κ3) is 5.35. The Labute approximate surface area is 188 Å². The molecule has 0 aliphatic heterocycles. The molecule has 0 bridgehead atoms. The first-order chi connectivity index (χ1) is 14.4. The summed E-state index contributed by atoms with van der Waals surface area (Å²) in [6, 6.07) is 0. The van der Waals surface area contributed by atoms with Gasteiger partial charge >= 0.3 is 0 Å². The molecule has 0 aromatic rings. The number of hydrogen-bond acceptors (Lipinski definition) is 4. The molecule has 4 nitrogen and oxygen atoms in total. The summed E-state index contributed by atoms with van der Waals surface area (Å²) in [5.41, 5.74) is 2.48. The second-order valence-corrected chi connectivity index (χ2v) is 11.4. The molecule has 0 aromatic carbocycles. The van der Waals surface area contributed by atoms with Crippen molar-refractivity contribution < 1.29 is 20.4 Å². The Balaban J connectivity index is 1.71. The summed E-state index contributed by atoms with van der Waals surface area (Å²) < 4.78 is 0. The first-order valence-electron chi connectivity index (χ1n) is 12.3. The molecule has 0 aromatic heterocycles. The van der Waals surface area contributed by atoms with Gasteiger partial charge in [0.25, 0.3) is 0 Å². The Morgan fingerprint density at radius 2 is 1.90 bits per heavy atom. The molecule has 0 unspecified atom stereocenters. The van der Waals surface area contributed by atoms with Gasteiger partial charge in [0.2, 0.25) is 0 Å². The number of aliphatic hydroxyl groups excluding tert-OH is 3. The zero-order valence-corrected chi connectivity index (χ0v) is 20.0. The van der Waals surface area contributed by atoms with E-state index in [9.17, 15) is 20.4 Å². The van der Waals surface area contributed by atoms with Gasteiger partial charge in [-0.3, -0.25) is 0 Å². The van der Waals surface area contributed by atoms with Crippen LogP contribution in [0.2, 0.25) is 0 Å². The minimum absolute atomic E-state index is 0.282. The van der Waals surface area contributed by atoms with Crippen molar-refractivity contribution in [3.05, 3.63) is 35.5 Å². The van der Waals surface area contributed by atoms with Crippen molar-refractivity contribution in [3.8, 4) is 0 Å². The lowest BCUT2D eigenvalue weighted by Gasteiger charge is -2.44. The van der Waals surface area contributed by atoms with Crippen LogP contribution in [0.15, 0.2) is 35.5 Å². The fourth-order valence-corrected chi connectivity index (χ4v) is 6.65. The summed E-state index contributed by atoms with van der Waals surface area (Å²) >= 11 is 0. The Bertz CT molecular complexity index is 715. The van der Waals surface area contributed by atoms with Crippen LogP contribution in [0.1, 0.15) is 85.5 Å². The third-order valence-corrected chi connectivity index (χ3v) is 8.70. The fraction of sp³-hybridized carbons (Fsp3) is 0.778. The first kappa shape index (κ1) is 24.7. The van der Waals surface area contributed by atoms with Crippen LogP contribution >= 0.6 is 0 Å². The van der Waals surface area contributed by atoms with E-state index in [1.807, 2.05) is 0 Å². The number of rotatable bonds is 6. The van der Waals surface area contributed by atoms with Crippen LogP contribution in [0.4, 0.5) is 0 Å². The van der Waals surface area contributed by atoms with Gasteiger partial charge in [-0.25, -0.2) is 0 Å². The van der Waals surface area contributed by atoms with Gasteiger partial charge in [-0.05, 0) is 99.5 Å². The van der Waals surface area contributed by atoms with Gasteiger partial charge in [0.1, 0.15) is 0 Å². The predicted octanol–water partition coefficient (Wildman–Crippen LogP) is 4.68. The van der Waals surface area contributed by atoms with Gasteiger partial charge < -0.3 is 20.4 Å². The summed E-state index contributed by atoms with van der Waals surface area (Å²) in [4.78, 5) is 0. The third-order valence-electron chi connectivity index (χ3n) is 8.70. The molecule has 0 radical (unpaired) electrons. The van der Waals surface area contributed by atoms with Gasteiger partial charge in [-0.1, -0.05) is 38.2 Å². The van der Waals surface area contributed by atoms with E-state index in [-0.39, 0.29) is 5.41 Å². The number of aliphatic hydroxyl groups is 4. The Hall–Kier alpha value is -0.940. The lowest BCUT2D eigenvalue weighted by molar-refractivity contribution is -0.0554. The van der Waals surface area contributed by atoms with E-state index in [2.05, 4.69) is 32.6 Å². The molecule has 0 spiro atoms. The molecule has 0 saturated heterocycles. The van der Waals surface area contributed by atoms with E-state index in [4.69, 9.17) is 0 Å². The lowest BCUT2D eigenvalue weighted by Crippen LogP contribution is -2.38. The number of hydrogen-bond donors (Lipinski definition) is 4. The summed E-state index contributed by atoms with van der Waals surface area (Å²) in [5, 5.41) is 40.5. The molecule has 3 rings (SSSR count). The molecular weight excluding hydrogens is 388 g/mol. The summed E-state index contributed by atoms with van der Waals surface area (Å²) in [7, 11) is 0. The largest absolute Gasteiger partial charge is 0.393 e. The molecule has 3 aliphatic rings. The highest BCUT2D eigenvalue weighted by Gasteiger charge is 2.50. The van der Waals surface area contributed by atoms with E-state index in [0.29, 0.717) is 37.0 Å². The summed E-state index contributed by atoms with van der Waals surface area (Å²) in [6.07, 6.45) is 11.1. The van der Waals surface area contributed by atoms with Crippen molar-refractivity contribution in [1.82, 2.24) is 0 Å². The monoisotopic (exact) mass is 432 g/mol. The van der Waals surface area contributed by atoms with Gasteiger partial charge in [0.05, 0.1) is 23.9 Å². The van der Waals surface area contributed by atoms with Crippen LogP contribution in [-0.2, 0) is 0 Å². The molecular formula is C27H44O4. The average Bonchev–Trinajstić information content (AvgIpc) is 3.04. The van der Waals surface area contributed by atoms with E-state index in [0.717, 1.165) is 24.0 Å². The Morgan fingerprint density at radius 3 is 2.58 bits per heavy atom. The first-order valence-corrected chi connectivity index (χ1v) is 12.3. The molecule has 31 heavy (non-hydrogen) atoms. The van der Waals surface area contributed by atoms with E-state index < -0.39 is 23.9 Å². The highest BCUT2D eigenvalue weighted by atomic mass is 16.3. The quantitative estimate of drug-likeness (QED) is 0.491. The maximum absolute atomic E-state index is 10.3. The zero-order valence-electron chi connectivity index (χ0n) is 20.0. The summed E-state index contributed by atoms with van der Waals surface area (Å²) in [6.45, 7) is 12.2. The Kier molecular flexibility index (Phi) is 7.57. The van der Waals surface area contributed by atoms with Crippen molar-refractivity contribution in [2.45, 2.75) is 109 Å². The summed E-state index contributed by atoms with van der Waals surface area (Å²) in [5.74, 6) is 1.74. The minimum Gasteiger partial charge on any atom is -0.393 e. The highest BCUT2D eigenvalue weighted by Crippen LogP contribution is 2.60. The van der Waals surface area contributed by atoms with Crippen molar-refractivity contribution in [1.29, 1.82) is 0 Å². The molecule has 3 fully saturated rings. The SMILES string of the molecule is C=C1/C(=C\C=C2/CCC[C@]3(C)[C@@H]([C@@H](C)CC[C@@H](O)C(C)(C)O)CC[C@@H]23)C[C@@H](O)C[C@@H]1O. The molecule has 0 amide bonds. The zero-order chi connectivity index (χ0) is 23.0. The molecule has 4 heteroatoms. The van der Waals surface area contributed by atoms with Gasteiger partial charge in [0, 0.05) is 6.42 Å². The molecule has 176 valence electrons. The minimum atomic E-state index is -1.04. The van der Waals surface area contributed by atoms with Gasteiger partial charge in [-0.15, -0.1) is 0 Å². The molecule has 7 atom stereocenters. The van der Waals surface area contributed by atoms with Crippen LogP contribution in [0.25, 0.3) is 0 Å². The van der Waals surface area contributed by atoms with Crippen molar-refractivity contribution in [2.75, 3.05) is 0 Å². The van der Waals surface area contributed by atoms with E-state index in [1.165, 1.54) is 31.3 Å². The van der Waals surface area contributed by atoms with Crippen LogP contribution in [-0.4, -0.2) is 44.3 Å².